The summed E-state index contributed by atoms with van der Waals surface area (Å²) in [5, 5.41) is 4.08. The predicted molar refractivity (Wildman–Crippen MR) is 107 cm³/mol. The molecule has 1 saturated heterocycles. The highest BCUT2D eigenvalue weighted by Crippen LogP contribution is 2.29. The highest BCUT2D eigenvalue weighted by molar-refractivity contribution is 5.93. The second-order valence-corrected chi connectivity index (χ2v) is 7.15. The molecule has 7 heteroatoms. The number of pyridine rings is 2. The lowest BCUT2D eigenvalue weighted by molar-refractivity contribution is -0.0249. The van der Waals surface area contributed by atoms with Gasteiger partial charge in [0.2, 0.25) is 0 Å². The molecule has 29 heavy (non-hydrogen) atoms. The van der Waals surface area contributed by atoms with Crippen LogP contribution in [0.5, 0.6) is 0 Å². The van der Waals surface area contributed by atoms with Crippen molar-refractivity contribution >= 4 is 5.91 Å². The minimum Gasteiger partial charge on any atom is -0.368 e. The fourth-order valence-electron chi connectivity index (χ4n) is 3.63. The van der Waals surface area contributed by atoms with E-state index in [1.54, 1.807) is 11.1 Å². The van der Waals surface area contributed by atoms with E-state index in [1.807, 2.05) is 51.1 Å². The van der Waals surface area contributed by atoms with Crippen LogP contribution in [-0.4, -0.2) is 45.6 Å². The summed E-state index contributed by atoms with van der Waals surface area (Å²) in [4.78, 5) is 23.8. The molecule has 150 valence electrons. The second-order valence-electron chi connectivity index (χ2n) is 7.15. The molecular weight excluding hydrogens is 368 g/mol. The van der Waals surface area contributed by atoms with E-state index in [0.717, 1.165) is 40.4 Å². The Morgan fingerprint density at radius 2 is 2.10 bits per heavy atom. The summed E-state index contributed by atoms with van der Waals surface area (Å²) in [6, 6.07) is 9.57. The van der Waals surface area contributed by atoms with Gasteiger partial charge in [0, 0.05) is 19.2 Å². The number of aromatic nitrogens is 3. The molecule has 1 unspecified atom stereocenters. The molecule has 3 aromatic rings. The number of ether oxygens (including phenoxy) is 1. The number of hydrogen-bond donors (Lipinski definition) is 0. The van der Waals surface area contributed by atoms with E-state index < -0.39 is 0 Å². The summed E-state index contributed by atoms with van der Waals surface area (Å²) < 4.78 is 11.4. The van der Waals surface area contributed by atoms with Crippen LogP contribution in [0.2, 0.25) is 0 Å². The molecule has 1 aliphatic rings. The molecule has 0 spiro atoms. The first kappa shape index (κ1) is 19.3. The third-order valence-corrected chi connectivity index (χ3v) is 5.18. The van der Waals surface area contributed by atoms with E-state index in [9.17, 15) is 4.79 Å². The average molecular weight is 392 g/mol. The lowest BCUT2D eigenvalue weighted by Crippen LogP contribution is -2.43. The molecule has 7 nitrogen and oxygen atoms in total. The van der Waals surface area contributed by atoms with Gasteiger partial charge in [0.15, 0.2) is 0 Å². The Hall–Kier alpha value is -3.06. The number of morpholine rings is 1. The van der Waals surface area contributed by atoms with Crippen LogP contribution < -0.4 is 0 Å². The first-order valence-electron chi connectivity index (χ1n) is 9.83. The standard InChI is InChI=1S/C22H24N4O3/c1-4-18-20(15(3)25-29-18)17-9-5-8-16(24-17)19-13-26(11-12-28-19)22(27)21-14(2)7-6-10-23-21/h5-10,19H,4,11-13H2,1-3H3. The fraction of sp³-hybridized carbons (Fsp3) is 0.364. The van der Waals surface area contributed by atoms with E-state index in [1.165, 1.54) is 0 Å². The largest absolute Gasteiger partial charge is 0.368 e. The van der Waals surface area contributed by atoms with Crippen LogP contribution >= 0.6 is 0 Å². The topological polar surface area (TPSA) is 81.4 Å². The summed E-state index contributed by atoms with van der Waals surface area (Å²) in [6.45, 7) is 7.28. The van der Waals surface area contributed by atoms with Gasteiger partial charge in [-0.3, -0.25) is 9.78 Å². The van der Waals surface area contributed by atoms with Crippen molar-refractivity contribution in [3.05, 3.63) is 64.9 Å². The van der Waals surface area contributed by atoms with Crippen molar-refractivity contribution in [1.82, 2.24) is 20.0 Å². The first-order valence-corrected chi connectivity index (χ1v) is 9.83. The van der Waals surface area contributed by atoms with Gasteiger partial charge in [0.25, 0.3) is 5.91 Å². The third kappa shape index (κ3) is 3.78. The van der Waals surface area contributed by atoms with Crippen LogP contribution in [0, 0.1) is 13.8 Å². The molecular formula is C22H24N4O3. The lowest BCUT2D eigenvalue weighted by atomic mass is 10.1. The maximum absolute atomic E-state index is 12.9. The molecule has 1 atom stereocenters. The van der Waals surface area contributed by atoms with Crippen molar-refractivity contribution in [3.8, 4) is 11.3 Å². The van der Waals surface area contributed by atoms with E-state index in [-0.39, 0.29) is 12.0 Å². The van der Waals surface area contributed by atoms with E-state index in [4.69, 9.17) is 14.2 Å². The molecule has 0 bridgehead atoms. The van der Waals surface area contributed by atoms with Gasteiger partial charge in [-0.1, -0.05) is 24.2 Å². The zero-order valence-electron chi connectivity index (χ0n) is 16.9. The maximum atomic E-state index is 12.9. The summed E-state index contributed by atoms with van der Waals surface area (Å²) in [5.74, 6) is 0.745. The molecule has 0 N–H and O–H groups in total. The van der Waals surface area contributed by atoms with Gasteiger partial charge < -0.3 is 14.2 Å². The van der Waals surface area contributed by atoms with Gasteiger partial charge in [-0.25, -0.2) is 4.98 Å². The van der Waals surface area contributed by atoms with E-state index in [2.05, 4.69) is 10.1 Å². The quantitative estimate of drug-likeness (QED) is 0.676. The van der Waals surface area contributed by atoms with Crippen molar-refractivity contribution in [3.63, 3.8) is 0 Å². The van der Waals surface area contributed by atoms with Crippen LogP contribution in [0.4, 0.5) is 0 Å². The highest BCUT2D eigenvalue weighted by atomic mass is 16.5. The Bertz CT molecular complexity index is 1030. The van der Waals surface area contributed by atoms with Crippen LogP contribution in [0.15, 0.2) is 41.1 Å². The monoisotopic (exact) mass is 392 g/mol. The van der Waals surface area contributed by atoms with Gasteiger partial charge in [-0.05, 0) is 37.6 Å². The van der Waals surface area contributed by atoms with Crippen molar-refractivity contribution in [2.75, 3.05) is 19.7 Å². The van der Waals surface area contributed by atoms with Gasteiger partial charge in [-0.2, -0.15) is 0 Å². The smallest absolute Gasteiger partial charge is 0.272 e. The number of hydrogen-bond acceptors (Lipinski definition) is 6. The molecule has 1 amide bonds. The van der Waals surface area contributed by atoms with Crippen molar-refractivity contribution in [2.24, 2.45) is 0 Å². The van der Waals surface area contributed by atoms with Crippen LogP contribution in [0.25, 0.3) is 11.3 Å². The zero-order chi connectivity index (χ0) is 20.4. The van der Waals surface area contributed by atoms with Gasteiger partial charge in [0.1, 0.15) is 17.6 Å². The molecule has 3 aromatic heterocycles. The zero-order valence-corrected chi connectivity index (χ0v) is 16.9. The van der Waals surface area contributed by atoms with E-state index >= 15 is 0 Å². The number of rotatable bonds is 4. The third-order valence-electron chi connectivity index (χ3n) is 5.18. The Labute approximate surface area is 169 Å². The fourth-order valence-corrected chi connectivity index (χ4v) is 3.63. The summed E-state index contributed by atoms with van der Waals surface area (Å²) in [7, 11) is 0. The minimum absolute atomic E-state index is 0.0734. The molecule has 0 saturated carbocycles. The average Bonchev–Trinajstić information content (AvgIpc) is 3.14. The highest BCUT2D eigenvalue weighted by Gasteiger charge is 2.28. The Morgan fingerprint density at radius 1 is 1.24 bits per heavy atom. The number of nitrogens with zero attached hydrogens (tertiary/aromatic N) is 4. The molecule has 1 fully saturated rings. The van der Waals surface area contributed by atoms with Gasteiger partial charge in [-0.15, -0.1) is 0 Å². The lowest BCUT2D eigenvalue weighted by Gasteiger charge is -2.32. The van der Waals surface area contributed by atoms with Crippen LogP contribution in [-0.2, 0) is 11.2 Å². The number of amides is 1. The van der Waals surface area contributed by atoms with Gasteiger partial charge in [0.05, 0.1) is 35.8 Å². The number of aryl methyl sites for hydroxylation is 3. The Kier molecular flexibility index (Phi) is 5.40. The first-order chi connectivity index (χ1) is 14.1. The number of carbonyl (C=O) groups excluding carboxylic acids is 1. The van der Waals surface area contributed by atoms with Crippen molar-refractivity contribution < 1.29 is 14.1 Å². The normalized spacial score (nSPS) is 16.8. The molecule has 1 aliphatic heterocycles. The molecule has 0 radical (unpaired) electrons. The van der Waals surface area contributed by atoms with Crippen LogP contribution in [0.3, 0.4) is 0 Å². The SMILES string of the molecule is CCc1onc(C)c1-c1cccc(C2CN(C(=O)c3ncccc3C)CCO2)n1. The Morgan fingerprint density at radius 3 is 2.90 bits per heavy atom. The summed E-state index contributed by atoms with van der Waals surface area (Å²) in [6.07, 6.45) is 2.10. The van der Waals surface area contributed by atoms with Crippen molar-refractivity contribution in [2.45, 2.75) is 33.3 Å². The molecule has 0 aliphatic carbocycles. The predicted octanol–water partition coefficient (Wildman–Crippen LogP) is 3.52. The van der Waals surface area contributed by atoms with Gasteiger partial charge >= 0.3 is 0 Å². The number of carbonyl (C=O) groups is 1. The molecule has 0 aromatic carbocycles. The summed E-state index contributed by atoms with van der Waals surface area (Å²) >= 11 is 0. The molecule has 4 heterocycles. The van der Waals surface area contributed by atoms with Crippen LogP contribution in [0.1, 0.15) is 46.2 Å². The molecule has 4 rings (SSSR count). The second kappa shape index (κ2) is 8.13. The van der Waals surface area contributed by atoms with Crippen molar-refractivity contribution in [1.29, 1.82) is 0 Å². The summed E-state index contributed by atoms with van der Waals surface area (Å²) in [5.41, 5.74) is 4.71. The maximum Gasteiger partial charge on any atom is 0.272 e. The minimum atomic E-state index is -0.290. The Balaban J connectivity index is 1.58. The van der Waals surface area contributed by atoms with E-state index in [0.29, 0.717) is 25.4 Å².